The summed E-state index contributed by atoms with van der Waals surface area (Å²) in [4.78, 5) is 0. The van der Waals surface area contributed by atoms with E-state index in [-0.39, 0.29) is 6.01 Å². The highest BCUT2D eigenvalue weighted by molar-refractivity contribution is 6.30. The molecule has 1 aromatic heterocycles. The largest absolute Gasteiger partial charge is 0.461 e. The van der Waals surface area contributed by atoms with Gasteiger partial charge in [-0.1, -0.05) is 28.7 Å². The van der Waals surface area contributed by atoms with E-state index in [2.05, 4.69) is 25.7 Å². The first-order chi connectivity index (χ1) is 8.78. The summed E-state index contributed by atoms with van der Waals surface area (Å²) < 4.78 is 5.18. The summed E-state index contributed by atoms with van der Waals surface area (Å²) in [6.07, 6.45) is 0.883. The smallest absolute Gasteiger partial charge is 0.355 e. The number of hydrogen-bond donors (Lipinski definition) is 1. The van der Waals surface area contributed by atoms with E-state index in [9.17, 15) is 0 Å². The number of aromatic nitrogens is 4. The van der Waals surface area contributed by atoms with Gasteiger partial charge in [-0.2, -0.15) is 0 Å². The van der Waals surface area contributed by atoms with Gasteiger partial charge in [-0.05, 0) is 30.7 Å². The zero-order chi connectivity index (χ0) is 12.8. The van der Waals surface area contributed by atoms with Gasteiger partial charge in [0.15, 0.2) is 0 Å². The lowest BCUT2D eigenvalue weighted by Gasteiger charge is -2.04. The highest BCUT2D eigenvalue weighted by Crippen LogP contribution is 2.15. The summed E-state index contributed by atoms with van der Waals surface area (Å²) in [5.74, 6) is 0.307. The van der Waals surface area contributed by atoms with Crippen LogP contribution in [0.3, 0.4) is 0 Å². The lowest BCUT2D eigenvalue weighted by Crippen LogP contribution is -2.05. The molecule has 0 spiro atoms. The van der Waals surface area contributed by atoms with Crippen LogP contribution in [0.1, 0.15) is 13.3 Å². The number of ether oxygens (including phenoxy) is 1. The van der Waals surface area contributed by atoms with Crippen molar-refractivity contribution < 1.29 is 4.74 Å². The Hall–Kier alpha value is -1.95. The average Bonchev–Trinajstić information content (AvgIpc) is 2.41. The van der Waals surface area contributed by atoms with Crippen LogP contribution in [-0.4, -0.2) is 27.0 Å². The first kappa shape index (κ1) is 12.5. The van der Waals surface area contributed by atoms with Crippen molar-refractivity contribution in [1.82, 2.24) is 20.4 Å². The second kappa shape index (κ2) is 6.11. The molecule has 0 aliphatic carbocycles. The number of anilines is 2. The molecule has 0 saturated carbocycles. The van der Waals surface area contributed by atoms with Gasteiger partial charge < -0.3 is 10.1 Å². The second-order valence-electron chi connectivity index (χ2n) is 3.49. The molecule has 0 amide bonds. The maximum atomic E-state index is 5.78. The predicted molar refractivity (Wildman–Crippen MR) is 68.1 cm³/mol. The molecular weight excluding hydrogens is 254 g/mol. The zero-order valence-electron chi connectivity index (χ0n) is 9.80. The fourth-order valence-corrected chi connectivity index (χ4v) is 1.31. The highest BCUT2D eigenvalue weighted by atomic mass is 35.5. The lowest BCUT2D eigenvalue weighted by atomic mass is 10.3. The van der Waals surface area contributed by atoms with Gasteiger partial charge in [0.2, 0.25) is 0 Å². The third-order valence-electron chi connectivity index (χ3n) is 2.00. The van der Waals surface area contributed by atoms with Gasteiger partial charge in [0.05, 0.1) is 6.61 Å². The van der Waals surface area contributed by atoms with Crippen LogP contribution in [0, 0.1) is 0 Å². The van der Waals surface area contributed by atoms with E-state index < -0.39 is 0 Å². The van der Waals surface area contributed by atoms with E-state index in [4.69, 9.17) is 16.3 Å². The molecule has 0 fully saturated rings. The summed E-state index contributed by atoms with van der Waals surface area (Å²) in [5.41, 5.74) is 0.810. The number of rotatable bonds is 5. The monoisotopic (exact) mass is 265 g/mol. The van der Waals surface area contributed by atoms with Crippen LogP contribution in [0.5, 0.6) is 6.01 Å². The normalized spacial score (nSPS) is 10.1. The van der Waals surface area contributed by atoms with E-state index in [1.165, 1.54) is 0 Å². The summed E-state index contributed by atoms with van der Waals surface area (Å²) in [6.45, 7) is 2.55. The van der Waals surface area contributed by atoms with Crippen LogP contribution in [0.15, 0.2) is 24.3 Å². The van der Waals surface area contributed by atoms with Gasteiger partial charge in [-0.3, -0.25) is 0 Å². The van der Waals surface area contributed by atoms with Crippen LogP contribution in [-0.2, 0) is 0 Å². The Labute approximate surface area is 109 Å². The van der Waals surface area contributed by atoms with Gasteiger partial charge in [-0.15, -0.1) is 10.2 Å². The van der Waals surface area contributed by atoms with E-state index in [1.54, 1.807) is 12.1 Å². The molecular formula is C11H12ClN5O. The quantitative estimate of drug-likeness (QED) is 0.895. The standard InChI is InChI=1S/C11H12ClN5O/c1-2-7-18-11-16-14-10(15-17-11)13-9-5-3-8(12)4-6-9/h3-6H,2,7H2,1H3,(H,13,14,15). The third-order valence-corrected chi connectivity index (χ3v) is 2.25. The Kier molecular flexibility index (Phi) is 4.25. The number of benzene rings is 1. The Balaban J connectivity index is 1.99. The molecule has 18 heavy (non-hydrogen) atoms. The molecule has 0 saturated heterocycles. The van der Waals surface area contributed by atoms with E-state index in [0.29, 0.717) is 17.6 Å². The van der Waals surface area contributed by atoms with Crippen molar-refractivity contribution in [3.63, 3.8) is 0 Å². The van der Waals surface area contributed by atoms with Crippen molar-refractivity contribution in [1.29, 1.82) is 0 Å². The molecule has 94 valence electrons. The Bertz CT molecular complexity index is 488. The maximum absolute atomic E-state index is 5.78. The molecule has 0 radical (unpaired) electrons. The van der Waals surface area contributed by atoms with Crippen molar-refractivity contribution in [2.75, 3.05) is 11.9 Å². The van der Waals surface area contributed by atoms with Crippen molar-refractivity contribution >= 4 is 23.2 Å². The summed E-state index contributed by atoms with van der Waals surface area (Å²) in [6, 6.07) is 7.34. The molecule has 0 unspecified atom stereocenters. The first-order valence-corrected chi connectivity index (χ1v) is 5.88. The molecule has 1 aromatic carbocycles. The number of nitrogens with one attached hydrogen (secondary N) is 1. The SMILES string of the molecule is CCCOc1nnc(Nc2ccc(Cl)cc2)nn1. The molecule has 2 rings (SSSR count). The molecule has 0 bridgehead atoms. The van der Waals surface area contributed by atoms with Gasteiger partial charge in [-0.25, -0.2) is 0 Å². The summed E-state index contributed by atoms with van der Waals surface area (Å²) in [5, 5.41) is 18.9. The molecule has 6 nitrogen and oxygen atoms in total. The predicted octanol–water partition coefficient (Wildman–Crippen LogP) is 2.45. The van der Waals surface area contributed by atoms with Crippen LogP contribution >= 0.6 is 11.6 Å². The molecule has 0 atom stereocenters. The van der Waals surface area contributed by atoms with Crippen molar-refractivity contribution in [3.8, 4) is 6.01 Å². The summed E-state index contributed by atoms with van der Waals surface area (Å²) in [7, 11) is 0. The first-order valence-electron chi connectivity index (χ1n) is 5.50. The summed E-state index contributed by atoms with van der Waals surface area (Å²) >= 11 is 5.78. The lowest BCUT2D eigenvalue weighted by molar-refractivity contribution is 0.283. The minimum absolute atomic E-state index is 0.179. The van der Waals surface area contributed by atoms with E-state index >= 15 is 0 Å². The Morgan fingerprint density at radius 1 is 1.11 bits per heavy atom. The zero-order valence-corrected chi connectivity index (χ0v) is 10.6. The van der Waals surface area contributed by atoms with E-state index in [1.807, 2.05) is 19.1 Å². The molecule has 0 aliphatic rings. The van der Waals surface area contributed by atoms with Gasteiger partial charge in [0.1, 0.15) is 0 Å². The molecule has 0 aliphatic heterocycles. The number of halogens is 1. The van der Waals surface area contributed by atoms with Crippen LogP contribution in [0.25, 0.3) is 0 Å². The minimum Gasteiger partial charge on any atom is -0.461 e. The highest BCUT2D eigenvalue weighted by Gasteiger charge is 2.02. The van der Waals surface area contributed by atoms with Crippen LogP contribution < -0.4 is 10.1 Å². The molecule has 1 N–H and O–H groups in total. The van der Waals surface area contributed by atoms with Crippen molar-refractivity contribution in [2.24, 2.45) is 0 Å². The van der Waals surface area contributed by atoms with Crippen molar-refractivity contribution in [3.05, 3.63) is 29.3 Å². The van der Waals surface area contributed by atoms with Crippen molar-refractivity contribution in [2.45, 2.75) is 13.3 Å². The fourth-order valence-electron chi connectivity index (χ4n) is 1.18. The molecule has 1 heterocycles. The Morgan fingerprint density at radius 2 is 1.78 bits per heavy atom. The molecule has 7 heteroatoms. The topological polar surface area (TPSA) is 72.8 Å². The van der Waals surface area contributed by atoms with Gasteiger partial charge in [0, 0.05) is 10.7 Å². The van der Waals surface area contributed by atoms with Gasteiger partial charge in [0.25, 0.3) is 5.95 Å². The van der Waals surface area contributed by atoms with Crippen LogP contribution in [0.2, 0.25) is 5.02 Å². The number of hydrogen-bond acceptors (Lipinski definition) is 6. The third kappa shape index (κ3) is 3.53. The maximum Gasteiger partial charge on any atom is 0.355 e. The Morgan fingerprint density at radius 3 is 2.39 bits per heavy atom. The van der Waals surface area contributed by atoms with Crippen LogP contribution in [0.4, 0.5) is 11.6 Å². The van der Waals surface area contributed by atoms with E-state index in [0.717, 1.165) is 12.1 Å². The minimum atomic E-state index is 0.179. The average molecular weight is 266 g/mol. The second-order valence-corrected chi connectivity index (χ2v) is 3.92. The fraction of sp³-hybridized carbons (Fsp3) is 0.273. The number of nitrogens with zero attached hydrogens (tertiary/aromatic N) is 4. The van der Waals surface area contributed by atoms with Gasteiger partial charge >= 0.3 is 6.01 Å². The molecule has 2 aromatic rings.